The maximum Gasteiger partial charge on any atom is 0.335 e. The van der Waals surface area contributed by atoms with E-state index in [4.69, 9.17) is 4.74 Å². The molecule has 0 bridgehead atoms. The van der Waals surface area contributed by atoms with E-state index < -0.39 is 5.97 Å². The Bertz CT molecular complexity index is 1350. The van der Waals surface area contributed by atoms with Gasteiger partial charge >= 0.3 is 5.97 Å². The van der Waals surface area contributed by atoms with Gasteiger partial charge in [0, 0.05) is 37.7 Å². The van der Waals surface area contributed by atoms with Crippen molar-refractivity contribution in [2.24, 2.45) is 0 Å². The monoisotopic (exact) mass is 538 g/mol. The summed E-state index contributed by atoms with van der Waals surface area (Å²) in [6.45, 7) is 3.25. The molecule has 0 radical (unpaired) electrons. The van der Waals surface area contributed by atoms with Crippen molar-refractivity contribution in [3.05, 3.63) is 120 Å². The molecule has 2 N–H and O–H groups in total. The van der Waals surface area contributed by atoms with Crippen molar-refractivity contribution in [2.75, 3.05) is 32.0 Å². The van der Waals surface area contributed by atoms with E-state index in [0.717, 1.165) is 48.6 Å². The summed E-state index contributed by atoms with van der Waals surface area (Å²) in [4.78, 5) is 32.3. The number of aromatic carboxylic acids is 1. The van der Waals surface area contributed by atoms with Crippen LogP contribution in [0.25, 0.3) is 0 Å². The van der Waals surface area contributed by atoms with Crippen LogP contribution >= 0.6 is 0 Å². The smallest absolute Gasteiger partial charge is 0.335 e. The van der Waals surface area contributed by atoms with E-state index in [2.05, 4.69) is 15.2 Å². The molecule has 0 saturated heterocycles. The van der Waals surface area contributed by atoms with Crippen molar-refractivity contribution in [1.29, 1.82) is 0 Å². The maximum atomic E-state index is 12.6. The SMILES string of the molecule is CN(CCCN(Cc1ccc(C(=O)O)cc1)Cc1cccnc1)CC(=O)Nc1ccc(Oc2ccccc2)cc1. The summed E-state index contributed by atoms with van der Waals surface area (Å²) in [7, 11) is 1.94. The van der Waals surface area contributed by atoms with Crippen LogP contribution in [0.15, 0.2) is 103 Å². The minimum absolute atomic E-state index is 0.0787. The Balaban J connectivity index is 1.24. The largest absolute Gasteiger partial charge is 0.478 e. The maximum absolute atomic E-state index is 12.6. The Morgan fingerprint density at radius 3 is 2.20 bits per heavy atom. The molecule has 0 unspecified atom stereocenters. The van der Waals surface area contributed by atoms with Crippen LogP contribution in [0, 0.1) is 0 Å². The van der Waals surface area contributed by atoms with Crippen molar-refractivity contribution >= 4 is 17.6 Å². The predicted molar refractivity (Wildman–Crippen MR) is 155 cm³/mol. The molecule has 0 saturated carbocycles. The summed E-state index contributed by atoms with van der Waals surface area (Å²) in [5.41, 5.74) is 3.15. The molecular formula is C32H34N4O4. The van der Waals surface area contributed by atoms with Crippen LogP contribution in [0.4, 0.5) is 5.69 Å². The molecule has 1 amide bonds. The summed E-state index contributed by atoms with van der Waals surface area (Å²) in [6.07, 6.45) is 4.48. The highest BCUT2D eigenvalue weighted by Crippen LogP contribution is 2.22. The van der Waals surface area contributed by atoms with Crippen LogP contribution < -0.4 is 10.1 Å². The molecule has 1 heterocycles. The van der Waals surface area contributed by atoms with Crippen molar-refractivity contribution in [3.8, 4) is 11.5 Å². The lowest BCUT2D eigenvalue weighted by molar-refractivity contribution is -0.117. The first kappa shape index (κ1) is 28.5. The van der Waals surface area contributed by atoms with E-state index in [1.807, 2.05) is 97.0 Å². The van der Waals surface area contributed by atoms with E-state index in [1.165, 1.54) is 0 Å². The van der Waals surface area contributed by atoms with Crippen molar-refractivity contribution in [3.63, 3.8) is 0 Å². The minimum Gasteiger partial charge on any atom is -0.478 e. The number of hydrogen-bond donors (Lipinski definition) is 2. The molecule has 0 aliphatic heterocycles. The molecule has 0 fully saturated rings. The molecule has 40 heavy (non-hydrogen) atoms. The molecule has 4 aromatic rings. The number of carboxylic acids is 1. The number of aromatic nitrogens is 1. The van der Waals surface area contributed by atoms with Crippen LogP contribution in [-0.2, 0) is 17.9 Å². The fourth-order valence-electron chi connectivity index (χ4n) is 4.29. The van der Waals surface area contributed by atoms with Gasteiger partial charge in [-0.05, 0) is 85.7 Å². The molecular weight excluding hydrogens is 504 g/mol. The highest BCUT2D eigenvalue weighted by molar-refractivity contribution is 5.92. The summed E-state index contributed by atoms with van der Waals surface area (Å²) < 4.78 is 5.80. The lowest BCUT2D eigenvalue weighted by atomic mass is 10.1. The predicted octanol–water partition coefficient (Wildman–Crippen LogP) is 5.53. The zero-order chi connectivity index (χ0) is 28.2. The molecule has 0 spiro atoms. The highest BCUT2D eigenvalue weighted by atomic mass is 16.5. The van der Waals surface area contributed by atoms with Gasteiger partial charge in [-0.3, -0.25) is 19.6 Å². The quantitative estimate of drug-likeness (QED) is 0.218. The number of likely N-dealkylation sites (N-methyl/N-ethyl adjacent to an activating group) is 1. The molecule has 206 valence electrons. The molecule has 8 nitrogen and oxygen atoms in total. The van der Waals surface area contributed by atoms with Gasteiger partial charge in [0.2, 0.25) is 5.91 Å². The molecule has 0 atom stereocenters. The molecule has 3 aromatic carbocycles. The number of nitrogens with zero attached hydrogens (tertiary/aromatic N) is 3. The van der Waals surface area contributed by atoms with Crippen LogP contribution in [0.1, 0.15) is 27.9 Å². The Kier molecular flexibility index (Phi) is 10.4. The van der Waals surface area contributed by atoms with Gasteiger partial charge in [-0.15, -0.1) is 0 Å². The Morgan fingerprint density at radius 2 is 1.52 bits per heavy atom. The van der Waals surface area contributed by atoms with E-state index in [9.17, 15) is 14.7 Å². The number of hydrogen-bond acceptors (Lipinski definition) is 6. The second kappa shape index (κ2) is 14.6. The van der Waals surface area contributed by atoms with Gasteiger partial charge < -0.3 is 15.2 Å². The number of amides is 1. The first-order valence-electron chi connectivity index (χ1n) is 13.2. The Hall–Kier alpha value is -4.53. The van der Waals surface area contributed by atoms with Crippen LogP contribution in [-0.4, -0.2) is 58.4 Å². The van der Waals surface area contributed by atoms with Gasteiger partial charge in [0.15, 0.2) is 0 Å². The van der Waals surface area contributed by atoms with Crippen LogP contribution in [0.3, 0.4) is 0 Å². The third-order valence-corrected chi connectivity index (χ3v) is 6.28. The van der Waals surface area contributed by atoms with Gasteiger partial charge in [-0.1, -0.05) is 36.4 Å². The van der Waals surface area contributed by atoms with Gasteiger partial charge in [0.25, 0.3) is 0 Å². The Morgan fingerprint density at radius 1 is 0.825 bits per heavy atom. The molecule has 8 heteroatoms. The number of anilines is 1. The third kappa shape index (κ3) is 9.34. The summed E-state index contributed by atoms with van der Waals surface area (Å²) in [5, 5.41) is 12.1. The van der Waals surface area contributed by atoms with Crippen molar-refractivity contribution in [2.45, 2.75) is 19.5 Å². The van der Waals surface area contributed by atoms with Gasteiger partial charge in [0.05, 0.1) is 12.1 Å². The topological polar surface area (TPSA) is 95.0 Å². The number of para-hydroxylation sites is 1. The number of benzene rings is 3. The Labute approximate surface area is 234 Å². The summed E-state index contributed by atoms with van der Waals surface area (Å²) in [6, 6.07) is 27.8. The van der Waals surface area contributed by atoms with Crippen molar-refractivity contribution < 1.29 is 19.4 Å². The zero-order valence-electron chi connectivity index (χ0n) is 22.6. The first-order valence-corrected chi connectivity index (χ1v) is 13.2. The van der Waals surface area contributed by atoms with Crippen LogP contribution in [0.2, 0.25) is 0 Å². The molecule has 4 rings (SSSR count). The fourth-order valence-corrected chi connectivity index (χ4v) is 4.29. The van der Waals surface area contributed by atoms with E-state index in [0.29, 0.717) is 12.3 Å². The standard InChI is InChI=1S/C32H34N4O4/c1-35(24-31(37)34-28-14-16-30(17-15-28)40-29-8-3-2-4-9-29)19-6-20-36(23-26-7-5-18-33-21-26)22-25-10-12-27(13-11-25)32(38)39/h2-5,7-18,21H,6,19-20,22-24H2,1H3,(H,34,37)(H,38,39). The van der Waals surface area contributed by atoms with E-state index in [1.54, 1.807) is 18.3 Å². The molecule has 0 aliphatic carbocycles. The second-order valence-electron chi connectivity index (χ2n) is 9.65. The third-order valence-electron chi connectivity index (χ3n) is 6.28. The van der Waals surface area contributed by atoms with Crippen molar-refractivity contribution in [1.82, 2.24) is 14.8 Å². The number of carbonyl (C=O) groups is 2. The van der Waals surface area contributed by atoms with Crippen LogP contribution in [0.5, 0.6) is 11.5 Å². The highest BCUT2D eigenvalue weighted by Gasteiger charge is 2.12. The lowest BCUT2D eigenvalue weighted by Crippen LogP contribution is -2.33. The van der Waals surface area contributed by atoms with Gasteiger partial charge in [-0.2, -0.15) is 0 Å². The summed E-state index contributed by atoms with van der Waals surface area (Å²) in [5.74, 6) is 0.455. The normalized spacial score (nSPS) is 11.0. The van der Waals surface area contributed by atoms with E-state index >= 15 is 0 Å². The summed E-state index contributed by atoms with van der Waals surface area (Å²) >= 11 is 0. The average Bonchev–Trinajstić information content (AvgIpc) is 2.95. The molecule has 1 aromatic heterocycles. The number of pyridine rings is 1. The van der Waals surface area contributed by atoms with Gasteiger partial charge in [-0.25, -0.2) is 4.79 Å². The minimum atomic E-state index is -0.931. The number of carboxylic acid groups (broad SMARTS) is 1. The average molecular weight is 539 g/mol. The number of carbonyl (C=O) groups excluding carboxylic acids is 1. The fraction of sp³-hybridized carbons (Fsp3) is 0.219. The number of rotatable bonds is 14. The number of nitrogens with one attached hydrogen (secondary N) is 1. The molecule has 0 aliphatic rings. The number of ether oxygens (including phenoxy) is 1. The second-order valence-corrected chi connectivity index (χ2v) is 9.65. The zero-order valence-corrected chi connectivity index (χ0v) is 22.6. The first-order chi connectivity index (χ1) is 19.4. The van der Waals surface area contributed by atoms with Gasteiger partial charge in [0.1, 0.15) is 11.5 Å². The van der Waals surface area contributed by atoms with E-state index in [-0.39, 0.29) is 18.0 Å². The lowest BCUT2D eigenvalue weighted by Gasteiger charge is -2.24.